The molecule has 3 nitrogen and oxygen atoms in total. The van der Waals surface area contributed by atoms with Gasteiger partial charge in [0.05, 0.1) is 11.8 Å². The number of rotatable bonds is 5. The number of aliphatic imine (C=N–C) groups is 1. The lowest BCUT2D eigenvalue weighted by atomic mass is 9.93. The van der Waals surface area contributed by atoms with Gasteiger partial charge in [-0.05, 0) is 25.1 Å². The molecule has 0 fully saturated rings. The van der Waals surface area contributed by atoms with Gasteiger partial charge in [-0.3, -0.25) is 4.99 Å². The SMILES string of the molecule is CN(C)CC(C)(C)CNC1=NCC(c2ccccc2)S1. The van der Waals surface area contributed by atoms with Crippen molar-refractivity contribution in [1.29, 1.82) is 0 Å². The van der Waals surface area contributed by atoms with Gasteiger partial charge in [0, 0.05) is 13.1 Å². The van der Waals surface area contributed by atoms with Gasteiger partial charge in [-0.15, -0.1) is 0 Å². The fourth-order valence-corrected chi connectivity index (χ4v) is 3.56. The molecule has 1 aromatic carbocycles. The van der Waals surface area contributed by atoms with E-state index >= 15 is 0 Å². The maximum atomic E-state index is 4.63. The Labute approximate surface area is 126 Å². The highest BCUT2D eigenvalue weighted by atomic mass is 32.2. The third-order valence-corrected chi connectivity index (χ3v) is 4.49. The Kier molecular flexibility index (Phi) is 5.11. The van der Waals surface area contributed by atoms with Crippen LogP contribution < -0.4 is 5.32 Å². The molecule has 110 valence electrons. The lowest BCUT2D eigenvalue weighted by Crippen LogP contribution is -2.38. The van der Waals surface area contributed by atoms with Crippen LogP contribution in [0.25, 0.3) is 0 Å². The van der Waals surface area contributed by atoms with Crippen LogP contribution in [0.5, 0.6) is 0 Å². The van der Waals surface area contributed by atoms with Gasteiger partial charge in [-0.25, -0.2) is 0 Å². The van der Waals surface area contributed by atoms with Gasteiger partial charge in [0.2, 0.25) is 0 Å². The quantitative estimate of drug-likeness (QED) is 0.904. The zero-order chi connectivity index (χ0) is 14.6. The Morgan fingerprint density at radius 3 is 2.65 bits per heavy atom. The third-order valence-electron chi connectivity index (χ3n) is 3.29. The van der Waals surface area contributed by atoms with Crippen molar-refractivity contribution in [1.82, 2.24) is 10.2 Å². The van der Waals surface area contributed by atoms with Crippen molar-refractivity contribution in [3.8, 4) is 0 Å². The first-order valence-corrected chi connectivity index (χ1v) is 7.99. The summed E-state index contributed by atoms with van der Waals surface area (Å²) in [5.74, 6) is 0. The van der Waals surface area contributed by atoms with E-state index in [2.05, 4.69) is 73.5 Å². The highest BCUT2D eigenvalue weighted by molar-refractivity contribution is 8.14. The summed E-state index contributed by atoms with van der Waals surface area (Å²) >= 11 is 1.85. The van der Waals surface area contributed by atoms with Crippen LogP contribution in [-0.2, 0) is 0 Å². The number of thioether (sulfide) groups is 1. The number of hydrogen-bond acceptors (Lipinski definition) is 4. The summed E-state index contributed by atoms with van der Waals surface area (Å²) in [6.45, 7) is 7.48. The van der Waals surface area contributed by atoms with E-state index in [1.54, 1.807) is 0 Å². The van der Waals surface area contributed by atoms with E-state index < -0.39 is 0 Å². The average Bonchev–Trinajstić information content (AvgIpc) is 2.85. The summed E-state index contributed by atoms with van der Waals surface area (Å²) in [7, 11) is 4.24. The first-order valence-electron chi connectivity index (χ1n) is 7.11. The molecular weight excluding hydrogens is 266 g/mol. The van der Waals surface area contributed by atoms with Crippen molar-refractivity contribution in [2.24, 2.45) is 10.4 Å². The number of amidine groups is 1. The van der Waals surface area contributed by atoms with Gasteiger partial charge in [-0.2, -0.15) is 0 Å². The highest BCUT2D eigenvalue weighted by Crippen LogP contribution is 2.34. The molecule has 0 radical (unpaired) electrons. The van der Waals surface area contributed by atoms with Gasteiger partial charge in [-0.1, -0.05) is 55.9 Å². The smallest absolute Gasteiger partial charge is 0.157 e. The van der Waals surface area contributed by atoms with Gasteiger partial charge in [0.15, 0.2) is 5.17 Å². The van der Waals surface area contributed by atoms with E-state index in [4.69, 9.17) is 0 Å². The largest absolute Gasteiger partial charge is 0.364 e. The molecule has 0 spiro atoms. The van der Waals surface area contributed by atoms with Crippen LogP contribution in [-0.4, -0.2) is 43.8 Å². The molecule has 0 aliphatic carbocycles. The Morgan fingerprint density at radius 2 is 2.00 bits per heavy atom. The molecule has 0 aromatic heterocycles. The van der Waals surface area contributed by atoms with E-state index in [1.165, 1.54) is 5.56 Å². The molecule has 1 N–H and O–H groups in total. The molecule has 1 aliphatic rings. The summed E-state index contributed by atoms with van der Waals surface area (Å²) < 4.78 is 0. The van der Waals surface area contributed by atoms with Crippen LogP contribution >= 0.6 is 11.8 Å². The van der Waals surface area contributed by atoms with Gasteiger partial charge < -0.3 is 10.2 Å². The molecule has 4 heteroatoms. The predicted molar refractivity (Wildman–Crippen MR) is 89.4 cm³/mol. The van der Waals surface area contributed by atoms with Crippen molar-refractivity contribution >= 4 is 16.9 Å². The van der Waals surface area contributed by atoms with Crippen LogP contribution in [0, 0.1) is 5.41 Å². The third kappa shape index (κ3) is 4.53. The number of nitrogens with zero attached hydrogens (tertiary/aromatic N) is 2. The summed E-state index contributed by atoms with van der Waals surface area (Å²) in [5.41, 5.74) is 1.61. The molecule has 20 heavy (non-hydrogen) atoms. The standard InChI is InChI=1S/C16H25N3S/c1-16(2,12-19(3)4)11-18-15-17-10-14(20-15)13-8-6-5-7-9-13/h5-9,14H,10-12H2,1-4H3,(H,17,18). The van der Waals surface area contributed by atoms with Gasteiger partial charge in [0.25, 0.3) is 0 Å². The lowest BCUT2D eigenvalue weighted by molar-refractivity contribution is 0.242. The monoisotopic (exact) mass is 291 g/mol. The van der Waals surface area contributed by atoms with Crippen molar-refractivity contribution in [3.63, 3.8) is 0 Å². The molecule has 0 saturated carbocycles. The minimum absolute atomic E-state index is 0.247. The normalized spacial score (nSPS) is 19.2. The first-order chi connectivity index (χ1) is 9.46. The van der Waals surface area contributed by atoms with Crippen LogP contribution in [0.15, 0.2) is 35.3 Å². The van der Waals surface area contributed by atoms with E-state index in [0.717, 1.165) is 24.8 Å². The Balaban J connectivity index is 1.82. The number of benzene rings is 1. The van der Waals surface area contributed by atoms with Gasteiger partial charge in [0.1, 0.15) is 0 Å². The Bertz CT molecular complexity index is 454. The molecule has 1 aromatic rings. The second-order valence-corrected chi connectivity index (χ2v) is 7.61. The van der Waals surface area contributed by atoms with Crippen LogP contribution in [0.4, 0.5) is 0 Å². The molecular formula is C16H25N3S. The zero-order valence-corrected chi connectivity index (χ0v) is 13.7. The number of hydrogen-bond donors (Lipinski definition) is 1. The molecule has 0 amide bonds. The Morgan fingerprint density at radius 1 is 1.30 bits per heavy atom. The van der Waals surface area contributed by atoms with E-state index in [9.17, 15) is 0 Å². The first kappa shape index (κ1) is 15.4. The predicted octanol–water partition coefficient (Wildman–Crippen LogP) is 3.01. The van der Waals surface area contributed by atoms with Crippen molar-refractivity contribution in [3.05, 3.63) is 35.9 Å². The summed E-state index contributed by atoms with van der Waals surface area (Å²) in [4.78, 5) is 6.86. The van der Waals surface area contributed by atoms with Crippen molar-refractivity contribution < 1.29 is 0 Å². The molecule has 1 heterocycles. The summed E-state index contributed by atoms with van der Waals surface area (Å²) in [5, 5.41) is 5.07. The lowest BCUT2D eigenvalue weighted by Gasteiger charge is -2.28. The molecule has 1 unspecified atom stereocenters. The topological polar surface area (TPSA) is 27.6 Å². The molecule has 0 bridgehead atoms. The van der Waals surface area contributed by atoms with Crippen molar-refractivity contribution in [2.45, 2.75) is 19.1 Å². The van der Waals surface area contributed by atoms with Crippen molar-refractivity contribution in [2.75, 3.05) is 33.7 Å². The molecule has 1 atom stereocenters. The minimum atomic E-state index is 0.247. The maximum Gasteiger partial charge on any atom is 0.157 e. The minimum Gasteiger partial charge on any atom is -0.364 e. The van der Waals surface area contributed by atoms with E-state index in [0.29, 0.717) is 5.25 Å². The fraction of sp³-hybridized carbons (Fsp3) is 0.562. The van der Waals surface area contributed by atoms with Crippen LogP contribution in [0.1, 0.15) is 24.7 Å². The zero-order valence-electron chi connectivity index (χ0n) is 12.9. The Hall–Kier alpha value is -1.00. The second-order valence-electron chi connectivity index (χ2n) is 6.42. The number of nitrogens with one attached hydrogen (secondary N) is 1. The molecule has 1 aliphatic heterocycles. The fourth-order valence-electron chi connectivity index (χ4n) is 2.54. The summed E-state index contributed by atoms with van der Waals surface area (Å²) in [6, 6.07) is 10.6. The molecule has 2 rings (SSSR count). The maximum absolute atomic E-state index is 4.63. The average molecular weight is 291 g/mol. The second kappa shape index (κ2) is 6.64. The van der Waals surface area contributed by atoms with Crippen LogP contribution in [0.3, 0.4) is 0 Å². The van der Waals surface area contributed by atoms with E-state index in [1.807, 2.05) is 11.8 Å². The highest BCUT2D eigenvalue weighted by Gasteiger charge is 2.24. The van der Waals surface area contributed by atoms with E-state index in [-0.39, 0.29) is 5.41 Å². The van der Waals surface area contributed by atoms with Crippen LogP contribution in [0.2, 0.25) is 0 Å². The summed E-state index contributed by atoms with van der Waals surface area (Å²) in [6.07, 6.45) is 0. The molecule has 0 saturated heterocycles. The van der Waals surface area contributed by atoms with Gasteiger partial charge >= 0.3 is 0 Å².